The van der Waals surface area contributed by atoms with E-state index in [4.69, 9.17) is 5.73 Å². The lowest BCUT2D eigenvalue weighted by molar-refractivity contribution is -0.121. The van der Waals surface area contributed by atoms with E-state index in [0.29, 0.717) is 17.9 Å². The lowest BCUT2D eigenvalue weighted by Crippen LogP contribution is -2.39. The normalized spacial score (nSPS) is 14.4. The van der Waals surface area contributed by atoms with Crippen LogP contribution in [0.15, 0.2) is 36.4 Å². The molecule has 5 nitrogen and oxygen atoms in total. The molecule has 142 valence electrons. The monoisotopic (exact) mass is 373 g/mol. The first-order valence-corrected chi connectivity index (χ1v) is 8.77. The Morgan fingerprint density at radius 3 is 2.52 bits per heavy atom. The molecular formula is C20H21F2N3O2. The fourth-order valence-electron chi connectivity index (χ4n) is 3.51. The molecule has 0 spiro atoms. The molecule has 0 radical (unpaired) electrons. The number of carbonyl (C=O) groups excluding carboxylic acids is 2. The van der Waals surface area contributed by atoms with Gasteiger partial charge in [-0.2, -0.15) is 0 Å². The van der Waals surface area contributed by atoms with Crippen molar-refractivity contribution in [1.29, 1.82) is 0 Å². The number of anilines is 2. The predicted octanol–water partition coefficient (Wildman–Crippen LogP) is 3.09. The summed E-state index contributed by atoms with van der Waals surface area (Å²) in [5, 5.41) is 2.49. The third-order valence-corrected chi connectivity index (χ3v) is 4.69. The van der Waals surface area contributed by atoms with Gasteiger partial charge in [0.05, 0.1) is 12.5 Å². The van der Waals surface area contributed by atoms with E-state index in [1.54, 1.807) is 23.1 Å². The summed E-state index contributed by atoms with van der Waals surface area (Å²) in [6.45, 7) is 1.73. The molecule has 7 heteroatoms. The van der Waals surface area contributed by atoms with Crippen LogP contribution in [0.5, 0.6) is 0 Å². The van der Waals surface area contributed by atoms with Gasteiger partial charge in [0, 0.05) is 30.4 Å². The Kier molecular flexibility index (Phi) is 5.39. The van der Waals surface area contributed by atoms with Crippen LogP contribution in [-0.2, 0) is 16.0 Å². The Morgan fingerprint density at radius 1 is 1.19 bits per heavy atom. The lowest BCUT2D eigenvalue weighted by Gasteiger charge is -2.31. The van der Waals surface area contributed by atoms with E-state index < -0.39 is 23.6 Å². The highest BCUT2D eigenvalue weighted by Crippen LogP contribution is 2.33. The number of amides is 2. The number of nitrogens with two attached hydrogens (primary N) is 1. The van der Waals surface area contributed by atoms with Crippen molar-refractivity contribution in [1.82, 2.24) is 5.32 Å². The molecule has 0 aromatic heterocycles. The molecule has 2 aromatic carbocycles. The topological polar surface area (TPSA) is 75.4 Å². The van der Waals surface area contributed by atoms with Crippen molar-refractivity contribution in [2.75, 3.05) is 17.2 Å². The second kappa shape index (κ2) is 7.73. The predicted molar refractivity (Wildman–Crippen MR) is 99.1 cm³/mol. The number of fused-ring (bicyclic) bond motifs is 1. The summed E-state index contributed by atoms with van der Waals surface area (Å²) in [6.07, 6.45) is 1.25. The van der Waals surface area contributed by atoms with E-state index in [1.165, 1.54) is 13.0 Å². The van der Waals surface area contributed by atoms with Gasteiger partial charge < -0.3 is 16.0 Å². The van der Waals surface area contributed by atoms with Crippen molar-refractivity contribution in [2.24, 2.45) is 0 Å². The number of nitrogens with zero attached hydrogens (tertiary/aromatic N) is 1. The molecule has 0 saturated carbocycles. The van der Waals surface area contributed by atoms with Crippen LogP contribution in [-0.4, -0.2) is 18.4 Å². The van der Waals surface area contributed by atoms with Crippen LogP contribution in [0.1, 0.15) is 36.9 Å². The highest BCUT2D eigenvalue weighted by atomic mass is 19.1. The maximum Gasteiger partial charge on any atom is 0.229 e. The molecule has 27 heavy (non-hydrogen) atoms. The Morgan fingerprint density at radius 2 is 1.85 bits per heavy atom. The van der Waals surface area contributed by atoms with Gasteiger partial charge in [0.15, 0.2) is 0 Å². The molecule has 3 N–H and O–H groups in total. The zero-order valence-corrected chi connectivity index (χ0v) is 15.0. The average molecular weight is 373 g/mol. The molecule has 1 unspecified atom stereocenters. The summed E-state index contributed by atoms with van der Waals surface area (Å²) in [6, 6.07) is 7.71. The van der Waals surface area contributed by atoms with E-state index in [-0.39, 0.29) is 17.9 Å². The number of nitrogen functional groups attached to an aromatic ring is 1. The largest absolute Gasteiger partial charge is 0.398 e. The molecule has 1 aliphatic rings. The Bertz CT molecular complexity index is 865. The van der Waals surface area contributed by atoms with Gasteiger partial charge in [-0.25, -0.2) is 8.78 Å². The van der Waals surface area contributed by atoms with Crippen molar-refractivity contribution in [3.05, 3.63) is 59.2 Å². The first-order chi connectivity index (χ1) is 12.9. The zero-order valence-electron chi connectivity index (χ0n) is 15.0. The highest BCUT2D eigenvalue weighted by molar-refractivity contribution is 5.96. The summed E-state index contributed by atoms with van der Waals surface area (Å²) in [4.78, 5) is 26.1. The summed E-state index contributed by atoms with van der Waals surface area (Å²) in [5.74, 6) is -2.41. The van der Waals surface area contributed by atoms with E-state index in [1.807, 2.05) is 0 Å². The van der Waals surface area contributed by atoms with E-state index in [0.717, 1.165) is 30.5 Å². The minimum absolute atomic E-state index is 0.258. The number of carbonyl (C=O) groups is 2. The first-order valence-electron chi connectivity index (χ1n) is 8.77. The number of hydrogen-bond acceptors (Lipinski definition) is 3. The standard InChI is InChI=1S/C20H21F2N3O2/c1-12(26)24-17(20-14(21)6-2-7-15(20)22)11-19(27)25-10-4-5-13-16(23)8-3-9-18(13)25/h2-3,6-9,17H,4-5,10-11,23H2,1H3,(H,24,26). The first kappa shape index (κ1) is 18.8. The third-order valence-electron chi connectivity index (χ3n) is 4.69. The lowest BCUT2D eigenvalue weighted by atomic mass is 9.97. The zero-order chi connectivity index (χ0) is 19.6. The summed E-state index contributed by atoms with van der Waals surface area (Å²) >= 11 is 0. The number of hydrogen-bond donors (Lipinski definition) is 2. The van der Waals surface area contributed by atoms with Gasteiger partial charge in [0.25, 0.3) is 0 Å². The maximum atomic E-state index is 14.2. The number of rotatable bonds is 4. The summed E-state index contributed by atoms with van der Waals surface area (Å²) < 4.78 is 28.4. The van der Waals surface area contributed by atoms with Gasteiger partial charge in [0.1, 0.15) is 11.6 Å². The number of benzene rings is 2. The van der Waals surface area contributed by atoms with Gasteiger partial charge in [-0.3, -0.25) is 9.59 Å². The molecule has 0 aliphatic carbocycles. The van der Waals surface area contributed by atoms with Gasteiger partial charge in [-0.1, -0.05) is 12.1 Å². The van der Waals surface area contributed by atoms with Crippen LogP contribution in [0.3, 0.4) is 0 Å². The molecule has 3 rings (SSSR count). The van der Waals surface area contributed by atoms with Gasteiger partial charge >= 0.3 is 0 Å². The van der Waals surface area contributed by atoms with Crippen LogP contribution < -0.4 is 16.0 Å². The minimum atomic E-state index is -1.09. The Balaban J connectivity index is 1.91. The summed E-state index contributed by atoms with van der Waals surface area (Å²) in [7, 11) is 0. The number of nitrogens with one attached hydrogen (secondary N) is 1. The molecule has 0 fully saturated rings. The molecule has 0 saturated heterocycles. The van der Waals surface area contributed by atoms with Crippen LogP contribution in [0.4, 0.5) is 20.2 Å². The van der Waals surface area contributed by atoms with Crippen molar-refractivity contribution in [2.45, 2.75) is 32.2 Å². The van der Waals surface area contributed by atoms with Crippen molar-refractivity contribution in [3.8, 4) is 0 Å². The fourth-order valence-corrected chi connectivity index (χ4v) is 3.51. The van der Waals surface area contributed by atoms with Gasteiger partial charge in [0.2, 0.25) is 11.8 Å². The molecule has 1 atom stereocenters. The maximum absolute atomic E-state index is 14.2. The van der Waals surface area contributed by atoms with Gasteiger partial charge in [-0.05, 0) is 42.7 Å². The molecule has 2 aromatic rings. The van der Waals surface area contributed by atoms with Crippen LogP contribution in [0.25, 0.3) is 0 Å². The van der Waals surface area contributed by atoms with Crippen molar-refractivity contribution in [3.63, 3.8) is 0 Å². The van der Waals surface area contributed by atoms with E-state index in [9.17, 15) is 18.4 Å². The fraction of sp³-hybridized carbons (Fsp3) is 0.300. The minimum Gasteiger partial charge on any atom is -0.398 e. The van der Waals surface area contributed by atoms with Crippen LogP contribution in [0, 0.1) is 11.6 Å². The van der Waals surface area contributed by atoms with Gasteiger partial charge in [-0.15, -0.1) is 0 Å². The molecule has 2 amide bonds. The molecule has 1 heterocycles. The van der Waals surface area contributed by atoms with Crippen molar-refractivity contribution >= 4 is 23.2 Å². The Labute approximate surface area is 156 Å². The number of halogens is 2. The molecule has 1 aliphatic heterocycles. The Hall–Kier alpha value is -2.96. The summed E-state index contributed by atoms with van der Waals surface area (Å²) in [5.41, 5.74) is 7.91. The van der Waals surface area contributed by atoms with E-state index >= 15 is 0 Å². The van der Waals surface area contributed by atoms with E-state index in [2.05, 4.69) is 5.32 Å². The second-order valence-electron chi connectivity index (χ2n) is 6.59. The SMILES string of the molecule is CC(=O)NC(CC(=O)N1CCCc2c(N)cccc21)c1c(F)cccc1F. The average Bonchev–Trinajstić information content (AvgIpc) is 2.61. The van der Waals surface area contributed by atoms with Crippen LogP contribution >= 0.6 is 0 Å². The second-order valence-corrected chi connectivity index (χ2v) is 6.59. The van der Waals surface area contributed by atoms with Crippen LogP contribution in [0.2, 0.25) is 0 Å². The molecule has 0 bridgehead atoms. The molecular weight excluding hydrogens is 352 g/mol. The van der Waals surface area contributed by atoms with Crippen molar-refractivity contribution < 1.29 is 18.4 Å². The quantitative estimate of drug-likeness (QED) is 0.809. The smallest absolute Gasteiger partial charge is 0.229 e. The third kappa shape index (κ3) is 3.92. The highest BCUT2D eigenvalue weighted by Gasteiger charge is 2.29.